The van der Waals surface area contributed by atoms with Crippen LogP contribution in [0.3, 0.4) is 0 Å². The third-order valence-electron chi connectivity index (χ3n) is 4.32. The summed E-state index contributed by atoms with van der Waals surface area (Å²) in [6.07, 6.45) is 0.923. The molecule has 0 bridgehead atoms. The van der Waals surface area contributed by atoms with E-state index in [-0.39, 0.29) is 11.7 Å². The second kappa shape index (κ2) is 5.36. The standard InChI is InChI=1S/C19H20O2/c1-12-8-9-13(2)15(10-12)19(20)17-11-16(17)14-6-4-5-7-18(14)21-3/h4-10,16-17H,11H2,1-3H3. The Labute approximate surface area is 125 Å². The summed E-state index contributed by atoms with van der Waals surface area (Å²) in [5.41, 5.74) is 4.23. The second-order valence-corrected chi connectivity index (χ2v) is 5.87. The Balaban J connectivity index is 1.84. The summed E-state index contributed by atoms with van der Waals surface area (Å²) < 4.78 is 5.41. The van der Waals surface area contributed by atoms with E-state index in [0.717, 1.165) is 34.4 Å². The van der Waals surface area contributed by atoms with Gasteiger partial charge in [0.05, 0.1) is 7.11 Å². The van der Waals surface area contributed by atoms with Gasteiger partial charge in [0.1, 0.15) is 5.75 Å². The van der Waals surface area contributed by atoms with Crippen LogP contribution in [-0.2, 0) is 0 Å². The maximum Gasteiger partial charge on any atom is 0.166 e. The summed E-state index contributed by atoms with van der Waals surface area (Å²) >= 11 is 0. The van der Waals surface area contributed by atoms with E-state index >= 15 is 0 Å². The van der Waals surface area contributed by atoms with Crippen LogP contribution < -0.4 is 4.74 Å². The number of methoxy groups -OCH3 is 1. The van der Waals surface area contributed by atoms with Crippen LogP contribution in [-0.4, -0.2) is 12.9 Å². The maximum atomic E-state index is 12.7. The third kappa shape index (κ3) is 2.58. The highest BCUT2D eigenvalue weighted by Gasteiger charge is 2.45. The van der Waals surface area contributed by atoms with E-state index in [1.807, 2.05) is 44.2 Å². The quantitative estimate of drug-likeness (QED) is 0.781. The number of ketones is 1. The van der Waals surface area contributed by atoms with E-state index in [0.29, 0.717) is 5.92 Å². The van der Waals surface area contributed by atoms with Gasteiger partial charge in [-0.05, 0) is 49.4 Å². The van der Waals surface area contributed by atoms with Gasteiger partial charge in [0, 0.05) is 11.5 Å². The number of hydrogen-bond acceptors (Lipinski definition) is 2. The van der Waals surface area contributed by atoms with Crippen LogP contribution in [0.25, 0.3) is 0 Å². The van der Waals surface area contributed by atoms with Crippen LogP contribution in [0, 0.1) is 19.8 Å². The molecule has 1 fully saturated rings. The number of para-hydroxylation sites is 1. The molecular weight excluding hydrogens is 260 g/mol. The number of benzene rings is 2. The smallest absolute Gasteiger partial charge is 0.166 e. The topological polar surface area (TPSA) is 26.3 Å². The van der Waals surface area contributed by atoms with Crippen molar-refractivity contribution in [1.82, 2.24) is 0 Å². The molecule has 0 spiro atoms. The Morgan fingerprint density at radius 2 is 1.90 bits per heavy atom. The predicted molar refractivity (Wildman–Crippen MR) is 84.1 cm³/mol. The molecule has 2 atom stereocenters. The van der Waals surface area contributed by atoms with Crippen LogP contribution in [0.1, 0.15) is 39.4 Å². The van der Waals surface area contributed by atoms with Gasteiger partial charge in [0.15, 0.2) is 5.78 Å². The fraction of sp³-hybridized carbons (Fsp3) is 0.316. The zero-order valence-electron chi connectivity index (χ0n) is 12.7. The van der Waals surface area contributed by atoms with E-state index in [9.17, 15) is 4.79 Å². The fourth-order valence-electron chi connectivity index (χ4n) is 3.00. The van der Waals surface area contributed by atoms with Crippen molar-refractivity contribution in [3.63, 3.8) is 0 Å². The molecule has 2 nitrogen and oxygen atoms in total. The zero-order chi connectivity index (χ0) is 15.0. The molecular formula is C19H20O2. The molecule has 1 aliphatic rings. The highest BCUT2D eigenvalue weighted by atomic mass is 16.5. The normalized spacial score (nSPS) is 20.1. The van der Waals surface area contributed by atoms with Crippen LogP contribution in [0.4, 0.5) is 0 Å². The molecule has 2 heteroatoms. The molecule has 2 unspecified atom stereocenters. The van der Waals surface area contributed by atoms with Crippen molar-refractivity contribution in [3.05, 3.63) is 64.7 Å². The van der Waals surface area contributed by atoms with Crippen molar-refractivity contribution < 1.29 is 9.53 Å². The molecule has 3 rings (SSSR count). The lowest BCUT2D eigenvalue weighted by Gasteiger charge is -2.09. The molecule has 0 aromatic heterocycles. The van der Waals surface area contributed by atoms with Gasteiger partial charge in [0.2, 0.25) is 0 Å². The summed E-state index contributed by atoms with van der Waals surface area (Å²) in [5, 5.41) is 0. The zero-order valence-corrected chi connectivity index (χ0v) is 12.7. The SMILES string of the molecule is COc1ccccc1C1CC1C(=O)c1cc(C)ccc1C. The Bertz CT molecular complexity index is 688. The molecule has 0 saturated heterocycles. The fourth-order valence-corrected chi connectivity index (χ4v) is 3.00. The molecule has 0 aliphatic heterocycles. The number of hydrogen-bond donors (Lipinski definition) is 0. The van der Waals surface area contributed by atoms with Crippen LogP contribution in [0.15, 0.2) is 42.5 Å². The van der Waals surface area contributed by atoms with Crippen LogP contribution in [0.2, 0.25) is 0 Å². The van der Waals surface area contributed by atoms with Crippen molar-refractivity contribution in [2.24, 2.45) is 5.92 Å². The summed E-state index contributed by atoms with van der Waals surface area (Å²) in [5.74, 6) is 1.56. The summed E-state index contributed by atoms with van der Waals surface area (Å²) in [6, 6.07) is 14.1. The molecule has 21 heavy (non-hydrogen) atoms. The van der Waals surface area contributed by atoms with E-state index in [4.69, 9.17) is 4.74 Å². The van der Waals surface area contributed by atoms with E-state index in [2.05, 4.69) is 12.1 Å². The highest BCUT2D eigenvalue weighted by Crippen LogP contribution is 2.51. The minimum atomic E-state index is 0.0989. The van der Waals surface area contributed by atoms with Crippen molar-refractivity contribution in [3.8, 4) is 5.75 Å². The minimum absolute atomic E-state index is 0.0989. The molecule has 2 aromatic carbocycles. The first-order chi connectivity index (χ1) is 10.1. The number of aryl methyl sites for hydroxylation is 2. The van der Waals surface area contributed by atoms with Crippen LogP contribution in [0.5, 0.6) is 5.75 Å². The number of carbonyl (C=O) groups excluding carboxylic acids is 1. The first-order valence-corrected chi connectivity index (χ1v) is 7.36. The lowest BCUT2D eigenvalue weighted by atomic mass is 9.97. The molecule has 1 aliphatic carbocycles. The van der Waals surface area contributed by atoms with Crippen molar-refractivity contribution >= 4 is 5.78 Å². The minimum Gasteiger partial charge on any atom is -0.496 e. The van der Waals surface area contributed by atoms with Gasteiger partial charge in [-0.1, -0.05) is 35.9 Å². The number of carbonyl (C=O) groups is 1. The average Bonchev–Trinajstić information content (AvgIpc) is 3.29. The van der Waals surface area contributed by atoms with Gasteiger partial charge in [-0.3, -0.25) is 4.79 Å². The molecule has 108 valence electrons. The summed E-state index contributed by atoms with van der Waals surface area (Å²) in [7, 11) is 1.68. The lowest BCUT2D eigenvalue weighted by molar-refractivity contribution is 0.0964. The molecule has 2 aromatic rings. The summed E-state index contributed by atoms with van der Waals surface area (Å²) in [6.45, 7) is 4.04. The monoisotopic (exact) mass is 280 g/mol. The Morgan fingerprint density at radius 1 is 1.14 bits per heavy atom. The molecule has 1 saturated carbocycles. The number of ether oxygens (including phenoxy) is 1. The van der Waals surface area contributed by atoms with Crippen LogP contribution >= 0.6 is 0 Å². The molecule has 0 amide bonds. The molecule has 0 heterocycles. The number of rotatable bonds is 4. The Morgan fingerprint density at radius 3 is 2.67 bits per heavy atom. The average molecular weight is 280 g/mol. The molecule has 0 radical (unpaired) electrons. The van der Waals surface area contributed by atoms with Gasteiger partial charge in [-0.25, -0.2) is 0 Å². The largest absolute Gasteiger partial charge is 0.496 e. The van der Waals surface area contributed by atoms with Gasteiger partial charge in [-0.2, -0.15) is 0 Å². The third-order valence-corrected chi connectivity index (χ3v) is 4.32. The van der Waals surface area contributed by atoms with Crippen molar-refractivity contribution in [1.29, 1.82) is 0 Å². The van der Waals surface area contributed by atoms with E-state index < -0.39 is 0 Å². The van der Waals surface area contributed by atoms with Gasteiger partial charge < -0.3 is 4.74 Å². The predicted octanol–water partition coefficient (Wildman–Crippen LogP) is 4.30. The Hall–Kier alpha value is -2.09. The van der Waals surface area contributed by atoms with Gasteiger partial charge in [0.25, 0.3) is 0 Å². The maximum absolute atomic E-state index is 12.7. The van der Waals surface area contributed by atoms with Gasteiger partial charge in [-0.15, -0.1) is 0 Å². The van der Waals surface area contributed by atoms with E-state index in [1.54, 1.807) is 7.11 Å². The first kappa shape index (κ1) is 13.9. The Kier molecular flexibility index (Phi) is 3.54. The number of Topliss-reactive ketones (excluding diaryl/α,β-unsaturated/α-hetero) is 1. The second-order valence-electron chi connectivity index (χ2n) is 5.87. The summed E-state index contributed by atoms with van der Waals surface area (Å²) in [4.78, 5) is 12.7. The van der Waals surface area contributed by atoms with Crippen molar-refractivity contribution in [2.45, 2.75) is 26.2 Å². The first-order valence-electron chi connectivity index (χ1n) is 7.36. The van der Waals surface area contributed by atoms with E-state index in [1.165, 1.54) is 0 Å². The van der Waals surface area contributed by atoms with Crippen molar-refractivity contribution in [2.75, 3.05) is 7.11 Å². The molecule has 0 N–H and O–H groups in total. The van der Waals surface area contributed by atoms with Gasteiger partial charge >= 0.3 is 0 Å². The lowest BCUT2D eigenvalue weighted by Crippen LogP contribution is -2.06. The highest BCUT2D eigenvalue weighted by molar-refractivity contribution is 6.01.